The quantitative estimate of drug-likeness (QED) is 0.807. The van der Waals surface area contributed by atoms with E-state index in [0.717, 1.165) is 25.7 Å². The summed E-state index contributed by atoms with van der Waals surface area (Å²) in [5, 5.41) is 0. The van der Waals surface area contributed by atoms with Gasteiger partial charge in [-0.3, -0.25) is 0 Å². The van der Waals surface area contributed by atoms with E-state index < -0.39 is 10.3 Å². The van der Waals surface area contributed by atoms with E-state index in [1.54, 1.807) is 7.11 Å². The average Bonchev–Trinajstić information content (AvgIpc) is 3.03. The van der Waals surface area contributed by atoms with Crippen LogP contribution in [0.2, 0.25) is 0 Å². The molecule has 7 heteroatoms. The molecule has 1 aromatic rings. The third-order valence-corrected chi connectivity index (χ3v) is 8.56. The highest BCUT2D eigenvalue weighted by atomic mass is 32.2. The molecule has 0 heterocycles. The Bertz CT molecular complexity index is 855. The van der Waals surface area contributed by atoms with Crippen LogP contribution in [0.15, 0.2) is 12.1 Å². The first kappa shape index (κ1) is 20.0. The highest BCUT2D eigenvalue weighted by Gasteiger charge is 2.55. The van der Waals surface area contributed by atoms with Crippen molar-refractivity contribution in [1.82, 2.24) is 4.72 Å². The van der Waals surface area contributed by atoms with Gasteiger partial charge in [0.15, 0.2) is 11.5 Å². The van der Waals surface area contributed by atoms with Gasteiger partial charge in [0.2, 0.25) is 0 Å². The fraction of sp³-hybridized carbons (Fsp3) is 0.714. The summed E-state index contributed by atoms with van der Waals surface area (Å²) in [6.07, 6.45) is 7.17. The first-order valence-electron chi connectivity index (χ1n) is 10.2. The fourth-order valence-corrected chi connectivity index (χ4v) is 6.75. The number of benzene rings is 1. The summed E-state index contributed by atoms with van der Waals surface area (Å²) in [5.74, 6) is 2.59. The van der Waals surface area contributed by atoms with Gasteiger partial charge in [0, 0.05) is 14.2 Å². The van der Waals surface area contributed by atoms with Gasteiger partial charge in [-0.25, -0.2) is 0 Å². The summed E-state index contributed by atoms with van der Waals surface area (Å²) >= 11 is 0. The van der Waals surface area contributed by atoms with E-state index in [1.807, 2.05) is 19.2 Å². The van der Waals surface area contributed by atoms with Crippen molar-refractivity contribution in [3.05, 3.63) is 23.3 Å². The Morgan fingerprint density at radius 1 is 1.11 bits per heavy atom. The second-order valence-corrected chi connectivity index (χ2v) is 10.2. The maximum absolute atomic E-state index is 11.9. The van der Waals surface area contributed by atoms with E-state index in [2.05, 4.69) is 11.6 Å². The van der Waals surface area contributed by atoms with Crippen LogP contribution in [0.25, 0.3) is 0 Å². The molecule has 0 radical (unpaired) electrons. The van der Waals surface area contributed by atoms with Crippen LogP contribution >= 0.6 is 0 Å². The molecule has 156 valence electrons. The number of hydrogen-bond acceptors (Lipinski definition) is 5. The molecule has 0 saturated heterocycles. The van der Waals surface area contributed by atoms with Crippen LogP contribution in [0.4, 0.5) is 0 Å². The van der Waals surface area contributed by atoms with Crippen molar-refractivity contribution in [1.29, 1.82) is 0 Å². The van der Waals surface area contributed by atoms with Gasteiger partial charge in [-0.2, -0.15) is 13.1 Å². The van der Waals surface area contributed by atoms with Crippen molar-refractivity contribution < 1.29 is 22.1 Å². The van der Waals surface area contributed by atoms with Crippen LogP contribution in [0.5, 0.6) is 11.5 Å². The van der Waals surface area contributed by atoms with Crippen LogP contribution in [0.1, 0.15) is 56.1 Å². The summed E-state index contributed by atoms with van der Waals surface area (Å²) in [6.45, 7) is 2.42. The summed E-state index contributed by atoms with van der Waals surface area (Å²) in [7, 11) is 0.912. The third kappa shape index (κ3) is 3.12. The molecule has 1 aromatic carbocycles. The van der Waals surface area contributed by atoms with Crippen LogP contribution in [0.3, 0.4) is 0 Å². The normalized spacial score (nSPS) is 34.3. The molecule has 0 aromatic heterocycles. The lowest BCUT2D eigenvalue weighted by Gasteiger charge is -2.50. The summed E-state index contributed by atoms with van der Waals surface area (Å²) in [5.41, 5.74) is 2.78. The van der Waals surface area contributed by atoms with E-state index in [-0.39, 0.29) is 11.2 Å². The lowest BCUT2D eigenvalue weighted by atomic mass is 9.55. The largest absolute Gasteiger partial charge is 0.493 e. The topological polar surface area (TPSA) is 73.9 Å². The predicted molar refractivity (Wildman–Crippen MR) is 107 cm³/mol. The first-order chi connectivity index (χ1) is 13.3. The van der Waals surface area contributed by atoms with Crippen molar-refractivity contribution in [3.63, 3.8) is 0 Å². The zero-order chi connectivity index (χ0) is 20.1. The standard InChI is InChI=1S/C21H31NO5S/c1-21-10-9-14-15(17(21)7-8-20(21)26-4)6-5-13-11-19(27-28(23,24)22-2)18(25-3)12-16(13)14/h11-12,14-15,17,20,22H,5-10H2,1-4H3. The van der Waals surface area contributed by atoms with Crippen LogP contribution in [-0.2, 0) is 21.5 Å². The molecule has 6 nitrogen and oxygen atoms in total. The number of methoxy groups -OCH3 is 2. The third-order valence-electron chi connectivity index (χ3n) is 7.66. The highest BCUT2D eigenvalue weighted by molar-refractivity contribution is 7.85. The van der Waals surface area contributed by atoms with Gasteiger partial charge in [-0.1, -0.05) is 6.92 Å². The van der Waals surface area contributed by atoms with Crippen LogP contribution in [-0.4, -0.2) is 35.8 Å². The van der Waals surface area contributed by atoms with E-state index in [4.69, 9.17) is 13.7 Å². The van der Waals surface area contributed by atoms with E-state index >= 15 is 0 Å². The summed E-state index contributed by atoms with van der Waals surface area (Å²) < 4.78 is 42.4. The number of rotatable bonds is 5. The Kier molecular flexibility index (Phi) is 5.13. The van der Waals surface area contributed by atoms with Gasteiger partial charge >= 0.3 is 10.3 Å². The molecule has 0 spiro atoms. The van der Waals surface area contributed by atoms with Gasteiger partial charge in [-0.15, -0.1) is 0 Å². The molecule has 0 bridgehead atoms. The summed E-state index contributed by atoms with van der Waals surface area (Å²) in [4.78, 5) is 0. The fourth-order valence-electron chi connectivity index (χ4n) is 6.30. The second-order valence-electron chi connectivity index (χ2n) is 8.71. The van der Waals surface area contributed by atoms with Gasteiger partial charge in [-0.05, 0) is 85.0 Å². The number of hydrogen-bond donors (Lipinski definition) is 1. The van der Waals surface area contributed by atoms with Gasteiger partial charge < -0.3 is 13.7 Å². The lowest BCUT2D eigenvalue weighted by Crippen LogP contribution is -2.44. The monoisotopic (exact) mass is 409 g/mol. The molecule has 3 aliphatic carbocycles. The maximum Gasteiger partial charge on any atom is 0.382 e. The van der Waals surface area contributed by atoms with E-state index in [1.165, 1.54) is 31.0 Å². The Morgan fingerprint density at radius 2 is 1.89 bits per heavy atom. The predicted octanol–water partition coefficient (Wildman–Crippen LogP) is 3.41. The SMILES string of the molecule is CNS(=O)(=O)Oc1cc2c(cc1OC)C1CCC3(C)C(OC)CCC3C1CC2. The van der Waals surface area contributed by atoms with E-state index in [0.29, 0.717) is 29.6 Å². The number of ether oxygens (including phenoxy) is 2. The van der Waals surface area contributed by atoms with E-state index in [9.17, 15) is 8.42 Å². The van der Waals surface area contributed by atoms with Crippen molar-refractivity contribution in [3.8, 4) is 11.5 Å². The number of fused-ring (bicyclic) bond motifs is 5. The summed E-state index contributed by atoms with van der Waals surface area (Å²) in [6, 6.07) is 3.87. The molecule has 3 aliphatic rings. The molecule has 2 saturated carbocycles. The zero-order valence-electron chi connectivity index (χ0n) is 17.2. The molecular formula is C21H31NO5S. The van der Waals surface area contributed by atoms with Gasteiger partial charge in [0.05, 0.1) is 13.2 Å². The average molecular weight is 410 g/mol. The molecule has 0 amide bonds. The molecule has 4 rings (SSSR count). The molecule has 28 heavy (non-hydrogen) atoms. The molecule has 2 fully saturated rings. The van der Waals surface area contributed by atoms with Crippen molar-refractivity contribution >= 4 is 10.3 Å². The number of aryl methyl sites for hydroxylation is 1. The van der Waals surface area contributed by atoms with Crippen LogP contribution < -0.4 is 13.6 Å². The van der Waals surface area contributed by atoms with Crippen molar-refractivity contribution in [2.45, 2.75) is 57.5 Å². The molecule has 1 N–H and O–H groups in total. The Morgan fingerprint density at radius 3 is 2.57 bits per heavy atom. The minimum atomic E-state index is -3.83. The first-order valence-corrected chi connectivity index (χ1v) is 11.6. The Labute approximate surface area is 168 Å². The Balaban J connectivity index is 1.67. The zero-order valence-corrected chi connectivity index (χ0v) is 18.0. The molecular weight excluding hydrogens is 378 g/mol. The van der Waals surface area contributed by atoms with Crippen molar-refractivity contribution in [2.24, 2.45) is 17.3 Å². The van der Waals surface area contributed by atoms with Crippen LogP contribution in [0, 0.1) is 17.3 Å². The lowest BCUT2D eigenvalue weighted by molar-refractivity contribution is -0.0444. The number of nitrogens with one attached hydrogen (secondary N) is 1. The minimum Gasteiger partial charge on any atom is -0.493 e. The van der Waals surface area contributed by atoms with Gasteiger partial charge in [0.25, 0.3) is 0 Å². The highest BCUT2D eigenvalue weighted by Crippen LogP contribution is 2.61. The van der Waals surface area contributed by atoms with Crippen molar-refractivity contribution in [2.75, 3.05) is 21.3 Å². The maximum atomic E-state index is 11.9. The molecule has 5 atom stereocenters. The van der Waals surface area contributed by atoms with Gasteiger partial charge in [0.1, 0.15) is 0 Å². The smallest absolute Gasteiger partial charge is 0.382 e. The molecule has 0 aliphatic heterocycles. The second kappa shape index (κ2) is 7.18. The minimum absolute atomic E-state index is 0.259. The Hall–Kier alpha value is -1.31. The molecule has 5 unspecified atom stereocenters.